The smallest absolute Gasteiger partial charge is 0.0705 e. The maximum absolute atomic E-state index is 4.90. The lowest BCUT2D eigenvalue weighted by Gasteiger charge is -2.25. The summed E-state index contributed by atoms with van der Waals surface area (Å²) in [5.74, 6) is 0.636. The zero-order chi connectivity index (χ0) is 15.1. The molecule has 1 nitrogen and oxygen atoms in total. The molecule has 0 fully saturated rings. The molecule has 0 saturated heterocycles. The van der Waals surface area contributed by atoms with Crippen LogP contribution in [0.1, 0.15) is 40.3 Å². The van der Waals surface area contributed by atoms with Crippen LogP contribution in [0.4, 0.5) is 0 Å². The van der Waals surface area contributed by atoms with Gasteiger partial charge in [0.25, 0.3) is 0 Å². The third-order valence-corrected chi connectivity index (χ3v) is 4.88. The fourth-order valence-electron chi connectivity index (χ4n) is 3.57. The van der Waals surface area contributed by atoms with E-state index in [4.69, 9.17) is 4.98 Å². The van der Waals surface area contributed by atoms with Gasteiger partial charge in [0, 0.05) is 11.1 Å². The Hall–Kier alpha value is -2.15. The molecular formula is C21H21N. The van der Waals surface area contributed by atoms with Crippen LogP contribution >= 0.6 is 0 Å². The summed E-state index contributed by atoms with van der Waals surface area (Å²) < 4.78 is 0. The number of aryl methyl sites for hydroxylation is 3. The van der Waals surface area contributed by atoms with Gasteiger partial charge in [-0.2, -0.15) is 0 Å². The van der Waals surface area contributed by atoms with Gasteiger partial charge in [-0.1, -0.05) is 41.5 Å². The van der Waals surface area contributed by atoms with E-state index in [1.165, 1.54) is 39.8 Å². The van der Waals surface area contributed by atoms with Crippen molar-refractivity contribution in [3.63, 3.8) is 0 Å². The Bertz CT molecular complexity index is 830. The van der Waals surface area contributed by atoms with Crippen LogP contribution in [-0.4, -0.2) is 4.98 Å². The molecule has 3 aromatic rings. The van der Waals surface area contributed by atoms with Crippen LogP contribution in [-0.2, 0) is 12.8 Å². The van der Waals surface area contributed by atoms with Crippen LogP contribution in [0, 0.1) is 13.8 Å². The van der Waals surface area contributed by atoms with Crippen LogP contribution in [0.15, 0.2) is 48.5 Å². The lowest BCUT2D eigenvalue weighted by molar-refractivity contribution is 0.576. The molecule has 4 rings (SSSR count). The first kappa shape index (κ1) is 13.5. The van der Waals surface area contributed by atoms with Crippen molar-refractivity contribution in [3.05, 3.63) is 76.5 Å². The Morgan fingerprint density at radius 1 is 0.909 bits per heavy atom. The van der Waals surface area contributed by atoms with E-state index >= 15 is 0 Å². The van der Waals surface area contributed by atoms with E-state index < -0.39 is 0 Å². The first-order valence-corrected chi connectivity index (χ1v) is 8.15. The van der Waals surface area contributed by atoms with Gasteiger partial charge in [-0.05, 0) is 68.4 Å². The van der Waals surface area contributed by atoms with E-state index in [2.05, 4.69) is 62.4 Å². The molecule has 0 unspecified atom stereocenters. The number of aromatic nitrogens is 1. The maximum atomic E-state index is 4.90. The monoisotopic (exact) mass is 287 g/mol. The Morgan fingerprint density at radius 2 is 1.68 bits per heavy atom. The summed E-state index contributed by atoms with van der Waals surface area (Å²) in [7, 11) is 0. The summed E-state index contributed by atoms with van der Waals surface area (Å²) in [4.78, 5) is 4.90. The second kappa shape index (κ2) is 5.24. The number of hydrogen-bond donors (Lipinski definition) is 0. The maximum Gasteiger partial charge on any atom is 0.0705 e. The van der Waals surface area contributed by atoms with Gasteiger partial charge in [-0.3, -0.25) is 4.98 Å². The quantitative estimate of drug-likeness (QED) is 0.605. The average molecular weight is 287 g/mol. The molecule has 1 atom stereocenters. The fraction of sp³-hybridized carbons (Fsp3) is 0.286. The molecule has 0 radical (unpaired) electrons. The minimum absolute atomic E-state index is 0.636. The molecule has 1 aliphatic rings. The minimum atomic E-state index is 0.636. The van der Waals surface area contributed by atoms with Gasteiger partial charge in [0.1, 0.15) is 0 Å². The molecule has 110 valence electrons. The van der Waals surface area contributed by atoms with Crippen LogP contribution in [0.5, 0.6) is 0 Å². The Morgan fingerprint density at radius 3 is 2.50 bits per heavy atom. The van der Waals surface area contributed by atoms with Gasteiger partial charge < -0.3 is 0 Å². The van der Waals surface area contributed by atoms with Gasteiger partial charge in [-0.25, -0.2) is 0 Å². The summed E-state index contributed by atoms with van der Waals surface area (Å²) in [6.07, 6.45) is 3.42. The van der Waals surface area contributed by atoms with Crippen molar-refractivity contribution >= 4 is 10.9 Å². The van der Waals surface area contributed by atoms with Gasteiger partial charge >= 0.3 is 0 Å². The fourth-order valence-corrected chi connectivity index (χ4v) is 3.57. The standard InChI is InChI=1S/C21H21N/c1-14-3-6-16(7-4-14)17-8-10-21-19(12-17)13-18-11-15(2)5-9-20(18)22-21/h3-7,9,11,13,17H,8,10,12H2,1-2H3/t17-/m1/s1. The molecule has 0 aliphatic heterocycles. The van der Waals surface area contributed by atoms with Gasteiger partial charge in [0.15, 0.2) is 0 Å². The summed E-state index contributed by atoms with van der Waals surface area (Å²) in [6, 6.07) is 18.0. The Kier molecular flexibility index (Phi) is 3.22. The van der Waals surface area contributed by atoms with Crippen molar-refractivity contribution < 1.29 is 0 Å². The first-order chi connectivity index (χ1) is 10.7. The average Bonchev–Trinajstić information content (AvgIpc) is 2.53. The van der Waals surface area contributed by atoms with Gasteiger partial charge in [0.05, 0.1) is 5.52 Å². The summed E-state index contributed by atoms with van der Waals surface area (Å²) in [6.45, 7) is 4.30. The topological polar surface area (TPSA) is 12.9 Å². The zero-order valence-electron chi connectivity index (χ0n) is 13.3. The normalized spacial score (nSPS) is 17.5. The number of pyridine rings is 1. The molecule has 0 N–H and O–H groups in total. The van der Waals surface area contributed by atoms with Crippen molar-refractivity contribution in [2.45, 2.75) is 39.0 Å². The van der Waals surface area contributed by atoms with Crippen LogP contribution in [0.3, 0.4) is 0 Å². The lowest BCUT2D eigenvalue weighted by atomic mass is 9.81. The SMILES string of the molecule is Cc1ccc([C@@H]2CCc3nc4ccc(C)cc4cc3C2)cc1. The second-order valence-corrected chi connectivity index (χ2v) is 6.64. The molecule has 1 heteroatoms. The molecule has 2 aromatic carbocycles. The van der Waals surface area contributed by atoms with E-state index in [1.807, 2.05) is 0 Å². The second-order valence-electron chi connectivity index (χ2n) is 6.64. The molecule has 1 aliphatic carbocycles. The molecule has 0 saturated carbocycles. The number of benzene rings is 2. The van der Waals surface area contributed by atoms with Crippen molar-refractivity contribution in [3.8, 4) is 0 Å². The third-order valence-electron chi connectivity index (χ3n) is 4.88. The predicted octanol–water partition coefficient (Wildman–Crippen LogP) is 5.12. The largest absolute Gasteiger partial charge is 0.253 e. The zero-order valence-corrected chi connectivity index (χ0v) is 13.3. The molecule has 0 bridgehead atoms. The Labute approximate surface area is 132 Å². The first-order valence-electron chi connectivity index (χ1n) is 8.15. The highest BCUT2D eigenvalue weighted by Gasteiger charge is 2.21. The van der Waals surface area contributed by atoms with Crippen molar-refractivity contribution in [2.24, 2.45) is 0 Å². The Balaban J connectivity index is 1.71. The summed E-state index contributed by atoms with van der Waals surface area (Å²) in [5.41, 5.74) is 8.00. The molecule has 1 aromatic heterocycles. The van der Waals surface area contributed by atoms with Crippen molar-refractivity contribution in [1.29, 1.82) is 0 Å². The van der Waals surface area contributed by atoms with Gasteiger partial charge in [-0.15, -0.1) is 0 Å². The molecule has 22 heavy (non-hydrogen) atoms. The van der Waals surface area contributed by atoms with Gasteiger partial charge in [0.2, 0.25) is 0 Å². The lowest BCUT2D eigenvalue weighted by Crippen LogP contribution is -2.14. The number of hydrogen-bond acceptors (Lipinski definition) is 1. The molecule has 0 spiro atoms. The van der Waals surface area contributed by atoms with Crippen LogP contribution in [0.25, 0.3) is 10.9 Å². The van der Waals surface area contributed by atoms with E-state index in [9.17, 15) is 0 Å². The van der Waals surface area contributed by atoms with E-state index in [0.717, 1.165) is 18.4 Å². The van der Waals surface area contributed by atoms with E-state index in [-0.39, 0.29) is 0 Å². The number of nitrogens with zero attached hydrogens (tertiary/aromatic N) is 1. The highest BCUT2D eigenvalue weighted by atomic mass is 14.7. The van der Waals surface area contributed by atoms with Crippen molar-refractivity contribution in [1.82, 2.24) is 4.98 Å². The molecular weight excluding hydrogens is 266 g/mol. The summed E-state index contributed by atoms with van der Waals surface area (Å²) in [5, 5.41) is 1.28. The summed E-state index contributed by atoms with van der Waals surface area (Å²) >= 11 is 0. The highest BCUT2D eigenvalue weighted by Crippen LogP contribution is 2.33. The van der Waals surface area contributed by atoms with Crippen LogP contribution in [0.2, 0.25) is 0 Å². The molecule has 0 amide bonds. The highest BCUT2D eigenvalue weighted by molar-refractivity contribution is 5.80. The van der Waals surface area contributed by atoms with Crippen LogP contribution < -0.4 is 0 Å². The van der Waals surface area contributed by atoms with E-state index in [0.29, 0.717) is 5.92 Å². The predicted molar refractivity (Wildman–Crippen MR) is 92.4 cm³/mol. The molecule has 1 heterocycles. The van der Waals surface area contributed by atoms with Crippen molar-refractivity contribution in [2.75, 3.05) is 0 Å². The van der Waals surface area contributed by atoms with E-state index in [1.54, 1.807) is 0 Å². The number of fused-ring (bicyclic) bond motifs is 2. The third kappa shape index (κ3) is 2.41. The number of rotatable bonds is 1. The minimum Gasteiger partial charge on any atom is -0.253 e.